The number of halogens is 3. The van der Waals surface area contributed by atoms with Crippen LogP contribution in [0.15, 0.2) is 0 Å². The van der Waals surface area contributed by atoms with Crippen LogP contribution in [0.3, 0.4) is 0 Å². The van der Waals surface area contributed by atoms with Crippen LogP contribution in [-0.2, 0) is 20.6 Å². The van der Waals surface area contributed by atoms with Crippen LogP contribution in [-0.4, -0.2) is 54.8 Å². The zero-order valence-corrected chi connectivity index (χ0v) is 16.1. The minimum atomic E-state index is -4.17. The third kappa shape index (κ3) is 7.64. The van der Waals surface area contributed by atoms with Crippen molar-refractivity contribution < 1.29 is 33.7 Å². The fraction of sp³-hybridized carbons (Fsp3) is 1.00. The summed E-state index contributed by atoms with van der Waals surface area (Å²) in [6, 6.07) is -0.0901. The maximum Gasteiger partial charge on any atom is 0.389 e. The summed E-state index contributed by atoms with van der Waals surface area (Å²) in [5.74, 6) is 0. The van der Waals surface area contributed by atoms with E-state index in [2.05, 4.69) is 0 Å². The van der Waals surface area contributed by atoms with Gasteiger partial charge in [0.25, 0.3) is 40.0 Å². The topological polar surface area (TPSA) is 46.2 Å². The Morgan fingerprint density at radius 3 is 1.88 bits per heavy atom. The Morgan fingerprint density at radius 2 is 1.41 bits per heavy atom. The van der Waals surface area contributed by atoms with Crippen LogP contribution in [0.2, 0.25) is 12.6 Å². The van der Waals surface area contributed by atoms with Crippen LogP contribution in [0.5, 0.6) is 0 Å². The van der Waals surface area contributed by atoms with E-state index in [0.29, 0.717) is 0 Å². The molecule has 13 heteroatoms. The van der Waals surface area contributed by atoms with Gasteiger partial charge in [0, 0.05) is 6.42 Å². The monoisotopic (exact) mass is 340 g/mol. The first-order valence-electron chi connectivity index (χ1n) is 4.99. The summed E-state index contributed by atoms with van der Waals surface area (Å²) in [7, 11) is -7.33. The van der Waals surface area contributed by atoms with E-state index in [9.17, 15) is 13.2 Å². The molecule has 0 spiro atoms. The minimum absolute atomic E-state index is 0.0901. The van der Waals surface area contributed by atoms with E-state index < -0.39 is 61.2 Å². The van der Waals surface area contributed by atoms with Gasteiger partial charge < -0.3 is 20.6 Å². The lowest BCUT2D eigenvalue weighted by Gasteiger charge is -2.29. The fourth-order valence-corrected chi connectivity index (χ4v) is 12.1. The number of hydrogen-bond donors (Lipinski definition) is 0. The van der Waals surface area contributed by atoms with Gasteiger partial charge in [-0.1, -0.05) is 0 Å². The molecule has 0 N–H and O–H groups in total. The highest BCUT2D eigenvalue weighted by Crippen LogP contribution is 2.27. The van der Waals surface area contributed by atoms with Crippen LogP contribution in [0, 0.1) is 0 Å². The lowest BCUT2D eigenvalue weighted by Crippen LogP contribution is -2.44. The van der Waals surface area contributed by atoms with E-state index in [-0.39, 0.29) is 6.04 Å². The Hall–Kier alpha value is 0.674. The molecule has 0 unspecified atom stereocenters. The molecule has 17 heavy (non-hydrogen) atoms. The van der Waals surface area contributed by atoms with Crippen molar-refractivity contribution in [1.82, 2.24) is 0 Å². The van der Waals surface area contributed by atoms with Crippen molar-refractivity contribution in [2.45, 2.75) is 25.2 Å². The molecule has 0 bridgehead atoms. The normalized spacial score (nSPS) is 34.6. The molecule has 1 saturated heterocycles. The lowest BCUT2D eigenvalue weighted by molar-refractivity contribution is -0.131. The first kappa shape index (κ1) is 15.7. The van der Waals surface area contributed by atoms with Crippen molar-refractivity contribution in [3.63, 3.8) is 0 Å². The Kier molecular flexibility index (Phi) is 6.76. The SMILES string of the molecule is C[Si]1(CCC(F)(F)F)O[SiH2]O[SiH2]O[SiH2]O[SiH2]O1. The van der Waals surface area contributed by atoms with E-state index in [0.717, 1.165) is 0 Å². The average Bonchev–Trinajstić information content (AvgIpc) is 2.24. The lowest BCUT2D eigenvalue weighted by atomic mass is 10.5. The van der Waals surface area contributed by atoms with Crippen LogP contribution in [0.1, 0.15) is 6.42 Å². The summed E-state index contributed by atoms with van der Waals surface area (Å²) in [5.41, 5.74) is 0. The van der Waals surface area contributed by atoms with Gasteiger partial charge in [-0.15, -0.1) is 0 Å². The minimum Gasteiger partial charge on any atom is -0.425 e. The Balaban J connectivity index is 2.43. The summed E-state index contributed by atoms with van der Waals surface area (Å²) < 4.78 is 63.0. The summed E-state index contributed by atoms with van der Waals surface area (Å²) in [6.45, 7) is 1.65. The van der Waals surface area contributed by atoms with Gasteiger partial charge in [-0.25, -0.2) is 0 Å². The van der Waals surface area contributed by atoms with Gasteiger partial charge in [0.05, 0.1) is 0 Å². The van der Waals surface area contributed by atoms with Crippen LogP contribution in [0.4, 0.5) is 13.2 Å². The van der Waals surface area contributed by atoms with E-state index >= 15 is 0 Å². The zero-order chi connectivity index (χ0) is 12.8. The molecule has 0 aromatic rings. The standard InChI is InChI=1S/C4H15F3O5Si5/c1-17(3-2-4(5,6)7)11-15-9-13-8-14-10-16-12-17/h2-3,13-16H2,1H3. The molecule has 0 amide bonds. The molecule has 0 saturated carbocycles. The van der Waals surface area contributed by atoms with Gasteiger partial charge in [0.2, 0.25) is 0 Å². The third-order valence-corrected chi connectivity index (χ3v) is 13.1. The largest absolute Gasteiger partial charge is 0.425 e. The molecule has 1 aliphatic rings. The highest BCUT2D eigenvalue weighted by atomic mass is 28.5. The number of hydrogen-bond acceptors (Lipinski definition) is 5. The van der Waals surface area contributed by atoms with E-state index in [1.807, 2.05) is 0 Å². The number of rotatable bonds is 2. The van der Waals surface area contributed by atoms with Crippen LogP contribution >= 0.6 is 0 Å². The fourth-order valence-electron chi connectivity index (χ4n) is 1.11. The summed E-state index contributed by atoms with van der Waals surface area (Å²) in [4.78, 5) is 0. The Morgan fingerprint density at radius 1 is 0.941 bits per heavy atom. The highest BCUT2D eigenvalue weighted by molar-refractivity contribution is 6.74. The number of alkyl halides is 3. The molecule has 1 rings (SSSR count). The van der Waals surface area contributed by atoms with Gasteiger partial charge in [-0.2, -0.15) is 13.2 Å². The van der Waals surface area contributed by atoms with Crippen LogP contribution < -0.4 is 0 Å². The summed E-state index contributed by atoms with van der Waals surface area (Å²) in [6.07, 6.45) is -5.04. The van der Waals surface area contributed by atoms with Gasteiger partial charge in [-0.3, -0.25) is 0 Å². The van der Waals surface area contributed by atoms with Crippen molar-refractivity contribution in [2.75, 3.05) is 0 Å². The van der Waals surface area contributed by atoms with E-state index in [1.54, 1.807) is 6.55 Å². The molecule has 0 radical (unpaired) electrons. The van der Waals surface area contributed by atoms with Crippen molar-refractivity contribution in [3.8, 4) is 0 Å². The first-order valence-corrected chi connectivity index (χ1v) is 12.1. The molecule has 102 valence electrons. The van der Waals surface area contributed by atoms with Crippen molar-refractivity contribution >= 4 is 48.6 Å². The van der Waals surface area contributed by atoms with Crippen molar-refractivity contribution in [1.29, 1.82) is 0 Å². The first-order chi connectivity index (χ1) is 7.91. The quantitative estimate of drug-likeness (QED) is 0.550. The maximum absolute atomic E-state index is 12.2. The molecule has 5 nitrogen and oxygen atoms in total. The van der Waals surface area contributed by atoms with Crippen molar-refractivity contribution in [3.05, 3.63) is 0 Å². The molecule has 0 aliphatic carbocycles. The summed E-state index contributed by atoms with van der Waals surface area (Å²) in [5, 5.41) is 0. The second-order valence-corrected chi connectivity index (χ2v) is 14.5. The molecular weight excluding hydrogens is 325 g/mol. The molecule has 0 atom stereocenters. The smallest absolute Gasteiger partial charge is 0.389 e. The van der Waals surface area contributed by atoms with Gasteiger partial charge in [0.1, 0.15) is 0 Å². The predicted octanol–water partition coefficient (Wildman–Crippen LogP) is -1.90. The Labute approximate surface area is 108 Å². The molecule has 1 fully saturated rings. The molecule has 0 aromatic heterocycles. The average molecular weight is 341 g/mol. The molecule has 1 heterocycles. The van der Waals surface area contributed by atoms with E-state index in [4.69, 9.17) is 20.6 Å². The second kappa shape index (κ2) is 7.31. The molecule has 0 aromatic carbocycles. The second-order valence-electron chi connectivity index (χ2n) is 3.62. The zero-order valence-electron chi connectivity index (χ0n) is 9.42. The van der Waals surface area contributed by atoms with Crippen LogP contribution in [0.25, 0.3) is 0 Å². The third-order valence-electron chi connectivity index (χ3n) is 2.09. The van der Waals surface area contributed by atoms with Gasteiger partial charge >= 0.3 is 14.7 Å². The molecular formula is C4H15F3O5Si5. The maximum atomic E-state index is 12.2. The van der Waals surface area contributed by atoms with Gasteiger partial charge in [-0.05, 0) is 12.6 Å². The van der Waals surface area contributed by atoms with Gasteiger partial charge in [0.15, 0.2) is 0 Å². The predicted molar refractivity (Wildman–Crippen MR) is 66.7 cm³/mol. The molecule has 1 aliphatic heterocycles. The summed E-state index contributed by atoms with van der Waals surface area (Å²) >= 11 is 0. The highest BCUT2D eigenvalue weighted by Gasteiger charge is 2.37. The van der Waals surface area contributed by atoms with E-state index in [1.165, 1.54) is 0 Å². The Bertz CT molecular complexity index is 220. The van der Waals surface area contributed by atoms with Crippen molar-refractivity contribution in [2.24, 2.45) is 0 Å².